The van der Waals surface area contributed by atoms with Crippen LogP contribution >= 0.6 is 11.6 Å². The lowest BCUT2D eigenvalue weighted by Crippen LogP contribution is -2.35. The van der Waals surface area contributed by atoms with Crippen molar-refractivity contribution in [3.05, 3.63) is 11.6 Å². The van der Waals surface area contributed by atoms with Crippen LogP contribution in [0, 0.1) is 0 Å². The second-order valence-corrected chi connectivity index (χ2v) is 3.76. The zero-order valence-corrected chi connectivity index (χ0v) is 10.0. The molecule has 7 nitrogen and oxygen atoms in total. The number of nitrogens with zero attached hydrogens (tertiary/aromatic N) is 3. The molecule has 3 N–H and O–H groups in total. The van der Waals surface area contributed by atoms with Crippen molar-refractivity contribution >= 4 is 34.5 Å². The second kappa shape index (κ2) is 4.54. The molecule has 1 atom stereocenters. The number of H-pyrrole nitrogens is 1. The van der Waals surface area contributed by atoms with E-state index in [0.717, 1.165) is 0 Å². The Kier molecular flexibility index (Phi) is 3.10. The van der Waals surface area contributed by atoms with Gasteiger partial charge in [-0.15, -0.1) is 0 Å². The molecule has 0 aliphatic rings. The molecule has 0 aromatic carbocycles. The number of imidazole rings is 1. The van der Waals surface area contributed by atoms with E-state index < -0.39 is 6.04 Å². The van der Waals surface area contributed by atoms with Gasteiger partial charge in [-0.05, 0) is 18.5 Å². The van der Waals surface area contributed by atoms with Crippen molar-refractivity contribution in [3.8, 4) is 0 Å². The van der Waals surface area contributed by atoms with Crippen molar-refractivity contribution in [2.75, 3.05) is 12.4 Å². The predicted molar refractivity (Wildman–Crippen MR) is 63.8 cm³/mol. The molecule has 0 radical (unpaired) electrons. The molecule has 0 saturated heterocycles. The largest absolute Gasteiger partial charge is 0.357 e. The van der Waals surface area contributed by atoms with E-state index in [1.54, 1.807) is 14.0 Å². The Labute approximate surface area is 102 Å². The molecule has 0 fully saturated rings. The fourth-order valence-electron chi connectivity index (χ4n) is 1.40. The first-order valence-corrected chi connectivity index (χ1v) is 5.34. The van der Waals surface area contributed by atoms with Gasteiger partial charge in [0.1, 0.15) is 11.6 Å². The first kappa shape index (κ1) is 11.6. The Morgan fingerprint density at radius 3 is 3.00 bits per heavy atom. The number of aromatic amines is 1. The summed E-state index contributed by atoms with van der Waals surface area (Å²) in [4.78, 5) is 26.2. The van der Waals surface area contributed by atoms with Gasteiger partial charge in [0.2, 0.25) is 11.2 Å². The van der Waals surface area contributed by atoms with Crippen LogP contribution < -0.4 is 10.6 Å². The zero-order chi connectivity index (χ0) is 12.4. The molecular formula is C9H11ClN6O. The Morgan fingerprint density at radius 2 is 2.29 bits per heavy atom. The van der Waals surface area contributed by atoms with Crippen LogP contribution in [0.5, 0.6) is 0 Å². The number of carbonyl (C=O) groups excluding carboxylic acids is 1. The topological polar surface area (TPSA) is 95.6 Å². The van der Waals surface area contributed by atoms with E-state index in [1.165, 1.54) is 6.33 Å². The van der Waals surface area contributed by atoms with Gasteiger partial charge in [0.25, 0.3) is 0 Å². The molecule has 2 heterocycles. The molecule has 8 heteroatoms. The molecule has 0 spiro atoms. The number of hydrogen-bond donors (Lipinski definition) is 3. The number of halogens is 1. The van der Waals surface area contributed by atoms with Gasteiger partial charge in [-0.2, -0.15) is 9.97 Å². The minimum atomic E-state index is -0.433. The van der Waals surface area contributed by atoms with Crippen LogP contribution in [0.1, 0.15) is 6.92 Å². The standard InChI is InChI=1S/C9H11ClN6O/c1-4(8(17)11-2)14-7-5-6(13-3-12-5)15-9(10)16-7/h3-4H,1-2H3,(H,11,17)(H2,12,13,14,15,16). The van der Waals surface area contributed by atoms with E-state index in [2.05, 4.69) is 30.6 Å². The van der Waals surface area contributed by atoms with E-state index >= 15 is 0 Å². The zero-order valence-electron chi connectivity index (χ0n) is 9.28. The van der Waals surface area contributed by atoms with Gasteiger partial charge < -0.3 is 15.6 Å². The Balaban J connectivity index is 2.34. The summed E-state index contributed by atoms with van der Waals surface area (Å²) in [5, 5.41) is 5.56. The third-order valence-electron chi connectivity index (χ3n) is 2.25. The first-order valence-electron chi connectivity index (χ1n) is 4.96. The number of rotatable bonds is 3. The molecule has 17 heavy (non-hydrogen) atoms. The average Bonchev–Trinajstić information content (AvgIpc) is 2.75. The highest BCUT2D eigenvalue weighted by Crippen LogP contribution is 2.19. The van der Waals surface area contributed by atoms with E-state index in [4.69, 9.17) is 11.6 Å². The number of fused-ring (bicyclic) bond motifs is 1. The summed E-state index contributed by atoms with van der Waals surface area (Å²) in [5.74, 6) is 0.306. The second-order valence-electron chi connectivity index (χ2n) is 3.42. The van der Waals surface area contributed by atoms with Crippen LogP contribution in [-0.2, 0) is 4.79 Å². The van der Waals surface area contributed by atoms with Gasteiger partial charge in [-0.3, -0.25) is 4.79 Å². The number of nitrogens with one attached hydrogen (secondary N) is 3. The molecule has 0 bridgehead atoms. The lowest BCUT2D eigenvalue weighted by molar-refractivity contribution is -0.121. The molecule has 0 aliphatic heterocycles. The highest BCUT2D eigenvalue weighted by molar-refractivity contribution is 6.28. The van der Waals surface area contributed by atoms with Crippen LogP contribution in [0.15, 0.2) is 6.33 Å². The van der Waals surface area contributed by atoms with Crippen molar-refractivity contribution in [2.24, 2.45) is 0 Å². The van der Waals surface area contributed by atoms with Gasteiger partial charge in [0.15, 0.2) is 11.5 Å². The van der Waals surface area contributed by atoms with Crippen LogP contribution in [0.3, 0.4) is 0 Å². The maximum Gasteiger partial charge on any atom is 0.241 e. The number of anilines is 1. The first-order chi connectivity index (χ1) is 8.11. The van der Waals surface area contributed by atoms with Crippen LogP contribution in [0.25, 0.3) is 11.2 Å². The maximum atomic E-state index is 11.4. The molecular weight excluding hydrogens is 244 g/mol. The third-order valence-corrected chi connectivity index (χ3v) is 2.42. The Morgan fingerprint density at radius 1 is 1.53 bits per heavy atom. The molecule has 0 saturated carbocycles. The van der Waals surface area contributed by atoms with Crippen molar-refractivity contribution in [1.82, 2.24) is 25.3 Å². The monoisotopic (exact) mass is 254 g/mol. The van der Waals surface area contributed by atoms with Crippen molar-refractivity contribution in [1.29, 1.82) is 0 Å². The quantitative estimate of drug-likeness (QED) is 0.696. The summed E-state index contributed by atoms with van der Waals surface area (Å²) >= 11 is 5.76. The van der Waals surface area contributed by atoms with Crippen molar-refractivity contribution in [3.63, 3.8) is 0 Å². The number of hydrogen-bond acceptors (Lipinski definition) is 5. The van der Waals surface area contributed by atoms with Crippen LogP contribution in [-0.4, -0.2) is 38.9 Å². The Bertz CT molecular complexity index is 553. The number of aromatic nitrogens is 4. The van der Waals surface area contributed by atoms with E-state index in [-0.39, 0.29) is 11.2 Å². The van der Waals surface area contributed by atoms with Gasteiger partial charge >= 0.3 is 0 Å². The molecule has 2 rings (SSSR count). The van der Waals surface area contributed by atoms with Gasteiger partial charge in [-0.1, -0.05) is 0 Å². The summed E-state index contributed by atoms with van der Waals surface area (Å²) in [7, 11) is 1.57. The smallest absolute Gasteiger partial charge is 0.241 e. The highest BCUT2D eigenvalue weighted by Gasteiger charge is 2.15. The number of likely N-dealkylation sites (N-methyl/N-ethyl adjacent to an activating group) is 1. The molecule has 1 unspecified atom stereocenters. The van der Waals surface area contributed by atoms with E-state index in [1.807, 2.05) is 0 Å². The Hall–Kier alpha value is -1.89. The summed E-state index contributed by atoms with van der Waals surface area (Å²) in [6.07, 6.45) is 1.49. The fourth-order valence-corrected chi connectivity index (χ4v) is 1.56. The number of carbonyl (C=O) groups is 1. The molecule has 0 aliphatic carbocycles. The summed E-state index contributed by atoms with van der Waals surface area (Å²) in [6.45, 7) is 1.72. The number of amides is 1. The SMILES string of the molecule is CNC(=O)C(C)Nc1nc(Cl)nc2nc[nH]c12. The lowest BCUT2D eigenvalue weighted by atomic mass is 10.3. The van der Waals surface area contributed by atoms with Crippen molar-refractivity contribution in [2.45, 2.75) is 13.0 Å². The fraction of sp³-hybridized carbons (Fsp3) is 0.333. The van der Waals surface area contributed by atoms with Gasteiger partial charge in [-0.25, -0.2) is 4.98 Å². The summed E-state index contributed by atoms with van der Waals surface area (Å²) in [5.41, 5.74) is 1.07. The van der Waals surface area contributed by atoms with Crippen LogP contribution in [0.2, 0.25) is 5.28 Å². The highest BCUT2D eigenvalue weighted by atomic mass is 35.5. The van der Waals surface area contributed by atoms with Crippen molar-refractivity contribution < 1.29 is 4.79 Å². The molecule has 1 amide bonds. The van der Waals surface area contributed by atoms with Gasteiger partial charge in [0.05, 0.1) is 6.33 Å². The lowest BCUT2D eigenvalue weighted by Gasteiger charge is -2.13. The minimum absolute atomic E-state index is 0.0798. The minimum Gasteiger partial charge on any atom is -0.357 e. The molecule has 90 valence electrons. The van der Waals surface area contributed by atoms with Gasteiger partial charge in [0, 0.05) is 7.05 Å². The normalized spacial score (nSPS) is 12.4. The summed E-state index contributed by atoms with van der Waals surface area (Å²) in [6, 6.07) is -0.433. The molecule has 2 aromatic heterocycles. The average molecular weight is 255 g/mol. The van der Waals surface area contributed by atoms with E-state index in [0.29, 0.717) is 17.0 Å². The van der Waals surface area contributed by atoms with Crippen LogP contribution in [0.4, 0.5) is 5.82 Å². The third kappa shape index (κ3) is 2.28. The maximum absolute atomic E-state index is 11.4. The predicted octanol–water partition coefficient (Wildman–Crippen LogP) is 0.553. The summed E-state index contributed by atoms with van der Waals surface area (Å²) < 4.78 is 0. The molecule has 2 aromatic rings. The van der Waals surface area contributed by atoms with E-state index in [9.17, 15) is 4.79 Å².